The van der Waals surface area contributed by atoms with Gasteiger partial charge >= 0.3 is 23.9 Å². The molecule has 0 aliphatic rings. The quantitative estimate of drug-likeness (QED) is 0.156. The van der Waals surface area contributed by atoms with Gasteiger partial charge in [0, 0.05) is 24.2 Å². The first-order valence-electron chi connectivity index (χ1n) is 12.9. The molecule has 0 saturated heterocycles. The zero-order valence-electron chi connectivity index (χ0n) is 23.2. The number of carbonyl (C=O) groups excluding carboxylic acids is 6. The predicted molar refractivity (Wildman–Crippen MR) is 146 cm³/mol. The minimum atomic E-state index is -0.667. The van der Waals surface area contributed by atoms with Crippen LogP contribution >= 0.6 is 0 Å². The van der Waals surface area contributed by atoms with Crippen molar-refractivity contribution in [1.82, 2.24) is 0 Å². The summed E-state index contributed by atoms with van der Waals surface area (Å²) in [5, 5.41) is 5.08. The molecular formula is C28H32N2O12. The average Bonchev–Trinajstić information content (AvgIpc) is 2.98. The lowest BCUT2D eigenvalue weighted by atomic mass is 10.3. The van der Waals surface area contributed by atoms with Gasteiger partial charge in [0.25, 0.3) is 11.8 Å². The Hall–Kier alpha value is -4.82. The summed E-state index contributed by atoms with van der Waals surface area (Å²) in [6.45, 7) is 1.74. The first-order chi connectivity index (χ1) is 20.2. The number of esters is 4. The maximum atomic E-state index is 11.9. The molecule has 2 amide bonds. The summed E-state index contributed by atoms with van der Waals surface area (Å²) in [5.41, 5.74) is 0.848. The van der Waals surface area contributed by atoms with E-state index in [2.05, 4.69) is 10.6 Å². The second kappa shape index (κ2) is 18.5. The normalized spacial score (nSPS) is 10.2. The predicted octanol–water partition coefficient (Wildman–Crippen LogP) is 2.01. The van der Waals surface area contributed by atoms with Gasteiger partial charge in [-0.1, -0.05) is 13.8 Å². The number of hydrogen-bond donors (Lipinski definition) is 2. The summed E-state index contributed by atoms with van der Waals surface area (Å²) in [6, 6.07) is 11.9. The van der Waals surface area contributed by atoms with Crippen molar-refractivity contribution in [2.45, 2.75) is 26.7 Å². The highest BCUT2D eigenvalue weighted by molar-refractivity contribution is 5.93. The van der Waals surface area contributed by atoms with Crippen LogP contribution in [0.4, 0.5) is 11.4 Å². The Morgan fingerprint density at radius 3 is 1.21 bits per heavy atom. The molecule has 14 heteroatoms. The molecular weight excluding hydrogens is 556 g/mol. The number of anilines is 2. The second-order valence-electron chi connectivity index (χ2n) is 8.23. The molecule has 0 atom stereocenters. The van der Waals surface area contributed by atoms with Crippen LogP contribution in [0.3, 0.4) is 0 Å². The summed E-state index contributed by atoms with van der Waals surface area (Å²) in [6.07, 6.45) is 0.340. The van der Waals surface area contributed by atoms with Gasteiger partial charge in [0.05, 0.1) is 13.2 Å². The first-order valence-corrected chi connectivity index (χ1v) is 12.9. The lowest BCUT2D eigenvalue weighted by molar-refractivity contribution is -0.147. The number of rotatable bonds is 17. The van der Waals surface area contributed by atoms with E-state index in [1.807, 2.05) is 0 Å². The van der Waals surface area contributed by atoms with Gasteiger partial charge in [-0.25, -0.2) is 9.59 Å². The molecule has 2 N–H and O–H groups in total. The second-order valence-corrected chi connectivity index (χ2v) is 8.23. The average molecular weight is 589 g/mol. The van der Waals surface area contributed by atoms with Gasteiger partial charge in [0.1, 0.15) is 24.7 Å². The van der Waals surface area contributed by atoms with Crippen LogP contribution in [0.15, 0.2) is 48.5 Å². The number of amides is 2. The Balaban J connectivity index is 1.56. The van der Waals surface area contributed by atoms with Crippen molar-refractivity contribution in [3.05, 3.63) is 48.5 Å². The van der Waals surface area contributed by atoms with Crippen molar-refractivity contribution in [3.8, 4) is 11.5 Å². The van der Waals surface area contributed by atoms with Gasteiger partial charge in [-0.05, 0) is 48.5 Å². The largest absolute Gasteiger partial charge is 0.456 e. The monoisotopic (exact) mass is 588 g/mol. The molecule has 0 fully saturated rings. The first kappa shape index (κ1) is 33.4. The van der Waals surface area contributed by atoms with E-state index in [-0.39, 0.29) is 50.8 Å². The highest BCUT2D eigenvalue weighted by Crippen LogP contribution is 2.17. The molecule has 42 heavy (non-hydrogen) atoms. The van der Waals surface area contributed by atoms with Crippen molar-refractivity contribution in [1.29, 1.82) is 0 Å². The van der Waals surface area contributed by atoms with Crippen LogP contribution in [0.5, 0.6) is 11.5 Å². The van der Waals surface area contributed by atoms with Gasteiger partial charge in [-0.3, -0.25) is 19.2 Å². The highest BCUT2D eigenvalue weighted by atomic mass is 16.6. The number of ether oxygens (including phenoxy) is 6. The molecule has 0 bridgehead atoms. The Kier molecular flexibility index (Phi) is 14.7. The topological polar surface area (TPSA) is 182 Å². The minimum Gasteiger partial charge on any atom is -0.456 e. The van der Waals surface area contributed by atoms with Crippen molar-refractivity contribution in [2.75, 3.05) is 50.3 Å². The lowest BCUT2D eigenvalue weighted by Gasteiger charge is -2.09. The van der Waals surface area contributed by atoms with Crippen LogP contribution in [-0.4, -0.2) is 75.3 Å². The van der Waals surface area contributed by atoms with E-state index in [0.29, 0.717) is 11.4 Å². The van der Waals surface area contributed by atoms with E-state index in [9.17, 15) is 28.8 Å². The van der Waals surface area contributed by atoms with E-state index < -0.39 is 48.9 Å². The number of hydrogen-bond acceptors (Lipinski definition) is 12. The minimum absolute atomic E-state index is 0.0118. The molecule has 0 heterocycles. The molecule has 0 radical (unpaired) electrons. The van der Waals surface area contributed by atoms with Crippen molar-refractivity contribution in [2.24, 2.45) is 0 Å². The number of nitrogens with one attached hydrogen (secondary N) is 2. The lowest BCUT2D eigenvalue weighted by Crippen LogP contribution is -2.21. The molecule has 0 spiro atoms. The standard InChI is InChI=1S/C28H32N2O12/c1-3-25(33)39-15-23(31)29-19-5-9-21(10-6-19)41-27(35)17-37-13-14-38-18-28(36)42-22-11-7-20(8-12-22)30-24(32)16-40-26(34)4-2/h5-12H,3-4,13-18H2,1-2H3,(H,29,31)(H,30,32). The van der Waals surface area contributed by atoms with Crippen molar-refractivity contribution >= 4 is 47.1 Å². The van der Waals surface area contributed by atoms with Gasteiger partial charge in [-0.15, -0.1) is 0 Å². The Morgan fingerprint density at radius 1 is 0.524 bits per heavy atom. The fraction of sp³-hybridized carbons (Fsp3) is 0.357. The Labute approximate surface area is 241 Å². The van der Waals surface area contributed by atoms with Crippen LogP contribution in [0.1, 0.15) is 26.7 Å². The fourth-order valence-corrected chi connectivity index (χ4v) is 2.85. The van der Waals surface area contributed by atoms with Crippen LogP contribution in [0.25, 0.3) is 0 Å². The fourth-order valence-electron chi connectivity index (χ4n) is 2.85. The van der Waals surface area contributed by atoms with Gasteiger partial charge < -0.3 is 39.1 Å². The molecule has 0 saturated carbocycles. The van der Waals surface area contributed by atoms with Crippen LogP contribution in [0, 0.1) is 0 Å². The molecule has 2 aromatic rings. The van der Waals surface area contributed by atoms with Crippen molar-refractivity contribution in [3.63, 3.8) is 0 Å². The summed E-state index contributed by atoms with van der Waals surface area (Å²) >= 11 is 0. The van der Waals surface area contributed by atoms with E-state index in [1.165, 1.54) is 48.5 Å². The molecule has 0 aromatic heterocycles. The third-order valence-electron chi connectivity index (χ3n) is 4.86. The SMILES string of the molecule is CCC(=O)OCC(=O)Nc1ccc(OC(=O)COCCOCC(=O)Oc2ccc(NC(=O)COC(=O)CC)cc2)cc1. The maximum absolute atomic E-state index is 11.9. The van der Waals surface area contributed by atoms with Crippen LogP contribution in [0.2, 0.25) is 0 Å². The van der Waals surface area contributed by atoms with E-state index in [4.69, 9.17) is 28.4 Å². The third-order valence-corrected chi connectivity index (χ3v) is 4.86. The van der Waals surface area contributed by atoms with Crippen LogP contribution in [-0.2, 0) is 47.7 Å². The molecule has 226 valence electrons. The summed E-state index contributed by atoms with van der Waals surface area (Å²) in [4.78, 5) is 69.5. The third kappa shape index (κ3) is 14.0. The van der Waals surface area contributed by atoms with E-state index in [0.717, 1.165) is 0 Å². The summed E-state index contributed by atoms with van der Waals surface area (Å²) in [5.74, 6) is -2.85. The Morgan fingerprint density at radius 2 is 0.881 bits per heavy atom. The molecule has 0 aliphatic carbocycles. The van der Waals surface area contributed by atoms with E-state index >= 15 is 0 Å². The molecule has 14 nitrogen and oxygen atoms in total. The molecule has 2 rings (SSSR count). The number of benzene rings is 2. The van der Waals surface area contributed by atoms with E-state index in [1.54, 1.807) is 13.8 Å². The molecule has 0 unspecified atom stereocenters. The van der Waals surface area contributed by atoms with Gasteiger partial charge in [-0.2, -0.15) is 0 Å². The van der Waals surface area contributed by atoms with Gasteiger partial charge in [0.2, 0.25) is 0 Å². The maximum Gasteiger partial charge on any atom is 0.337 e. The highest BCUT2D eigenvalue weighted by Gasteiger charge is 2.10. The van der Waals surface area contributed by atoms with Crippen LogP contribution < -0.4 is 20.1 Å². The Bertz CT molecular complexity index is 1120. The summed E-state index contributed by atoms with van der Waals surface area (Å²) < 4.78 is 30.1. The smallest absolute Gasteiger partial charge is 0.337 e. The van der Waals surface area contributed by atoms with Gasteiger partial charge in [0.15, 0.2) is 13.2 Å². The zero-order valence-corrected chi connectivity index (χ0v) is 23.2. The zero-order chi connectivity index (χ0) is 30.7. The summed E-state index contributed by atoms with van der Waals surface area (Å²) in [7, 11) is 0. The molecule has 2 aromatic carbocycles. The van der Waals surface area contributed by atoms with Crippen molar-refractivity contribution < 1.29 is 57.2 Å². The number of carbonyl (C=O) groups is 6. The molecule has 0 aliphatic heterocycles.